The van der Waals surface area contributed by atoms with Crippen LogP contribution in [-0.2, 0) is 17.8 Å². The Bertz CT molecular complexity index is 1290. The Morgan fingerprint density at radius 2 is 1.63 bits per heavy atom. The van der Waals surface area contributed by atoms with Gasteiger partial charge >= 0.3 is 6.03 Å². The van der Waals surface area contributed by atoms with E-state index in [4.69, 9.17) is 4.74 Å². The van der Waals surface area contributed by atoms with Crippen LogP contribution >= 0.6 is 0 Å². The summed E-state index contributed by atoms with van der Waals surface area (Å²) in [7, 11) is 1.51. The van der Waals surface area contributed by atoms with E-state index in [1.165, 1.54) is 12.0 Å². The highest BCUT2D eigenvalue weighted by molar-refractivity contribution is 6.03. The molecule has 0 unspecified atom stereocenters. The van der Waals surface area contributed by atoms with E-state index in [9.17, 15) is 27.2 Å². The van der Waals surface area contributed by atoms with Crippen molar-refractivity contribution in [2.24, 2.45) is 0 Å². The fourth-order valence-electron chi connectivity index (χ4n) is 3.74. The molecule has 35 heavy (non-hydrogen) atoms. The smallest absolute Gasteiger partial charge is 0.329 e. The number of ether oxygens (including phenoxy) is 1. The Hall–Kier alpha value is -4.14. The van der Waals surface area contributed by atoms with E-state index in [-0.39, 0.29) is 24.2 Å². The van der Waals surface area contributed by atoms with Crippen molar-refractivity contribution >= 4 is 17.5 Å². The number of anilines is 1. The van der Waals surface area contributed by atoms with Crippen molar-refractivity contribution in [3.8, 4) is 5.75 Å². The summed E-state index contributed by atoms with van der Waals surface area (Å²) < 4.78 is 61.6. The highest BCUT2D eigenvalue weighted by Crippen LogP contribution is 2.29. The molecule has 0 aliphatic carbocycles. The Labute approximate surface area is 198 Å². The molecule has 0 spiro atoms. The molecule has 1 aliphatic rings. The second-order valence-electron chi connectivity index (χ2n) is 7.92. The van der Waals surface area contributed by atoms with Gasteiger partial charge in [0.25, 0.3) is 0 Å². The molecule has 180 valence electrons. The maximum Gasteiger partial charge on any atom is 0.329 e. The third kappa shape index (κ3) is 5.18. The number of para-hydroxylation sites is 1. The van der Waals surface area contributed by atoms with Crippen molar-refractivity contribution in [1.82, 2.24) is 4.90 Å². The highest BCUT2D eigenvalue weighted by atomic mass is 19.1. The molecule has 2 amide bonds. The highest BCUT2D eigenvalue weighted by Gasteiger charge is 2.33. The molecule has 0 N–H and O–H groups in total. The van der Waals surface area contributed by atoms with Crippen LogP contribution in [0.4, 0.5) is 28.0 Å². The van der Waals surface area contributed by atoms with Gasteiger partial charge in [0, 0.05) is 30.8 Å². The zero-order valence-electron chi connectivity index (χ0n) is 18.6. The molecule has 0 radical (unpaired) electrons. The van der Waals surface area contributed by atoms with E-state index in [0.717, 1.165) is 41.4 Å². The van der Waals surface area contributed by atoms with Crippen LogP contribution in [0.3, 0.4) is 0 Å². The van der Waals surface area contributed by atoms with E-state index in [2.05, 4.69) is 0 Å². The maximum atomic E-state index is 14.5. The number of rotatable bonds is 7. The van der Waals surface area contributed by atoms with Crippen molar-refractivity contribution in [3.63, 3.8) is 0 Å². The summed E-state index contributed by atoms with van der Waals surface area (Å²) in [4.78, 5) is 28.2. The topological polar surface area (TPSA) is 49.9 Å². The molecule has 1 heterocycles. The van der Waals surface area contributed by atoms with Gasteiger partial charge in [-0.1, -0.05) is 24.3 Å². The van der Waals surface area contributed by atoms with Crippen molar-refractivity contribution in [2.45, 2.75) is 13.0 Å². The summed E-state index contributed by atoms with van der Waals surface area (Å²) in [6, 6.07) is 12.1. The fourth-order valence-corrected chi connectivity index (χ4v) is 3.74. The van der Waals surface area contributed by atoms with E-state index >= 15 is 0 Å². The average Bonchev–Trinajstić information content (AvgIpc) is 2.83. The summed E-state index contributed by atoms with van der Waals surface area (Å²) in [5, 5.41) is 0. The monoisotopic (exact) mass is 484 g/mol. The molecule has 0 atom stereocenters. The standard InChI is InChI=1S/C26H20F4N2O3/c1-35-20-9-5-16(6-10-20)13-31-14-18(24(33)11-17-7-8-19(27)12-23(17)30)15-32(26(31)34)25-21(28)3-2-4-22(25)29/h2-10,12,15H,11,13-14H2,1H3. The molecule has 0 saturated heterocycles. The number of ketones is 1. The molecule has 4 rings (SSSR count). The first kappa shape index (κ1) is 24.0. The summed E-state index contributed by atoms with van der Waals surface area (Å²) in [6.45, 7) is -0.135. The third-order valence-electron chi connectivity index (χ3n) is 5.56. The molecule has 0 saturated carbocycles. The number of benzene rings is 3. The molecule has 0 aromatic heterocycles. The molecule has 5 nitrogen and oxygen atoms in total. The minimum atomic E-state index is -0.989. The van der Waals surface area contributed by atoms with Gasteiger partial charge in [0.2, 0.25) is 0 Å². The van der Waals surface area contributed by atoms with E-state index in [1.807, 2.05) is 0 Å². The quantitative estimate of drug-likeness (QED) is 0.423. The van der Waals surface area contributed by atoms with Crippen LogP contribution in [0.2, 0.25) is 0 Å². The number of methoxy groups -OCH3 is 1. The first-order valence-electron chi connectivity index (χ1n) is 10.6. The molecule has 1 aliphatic heterocycles. The van der Waals surface area contributed by atoms with Gasteiger partial charge in [-0.3, -0.25) is 9.69 Å². The largest absolute Gasteiger partial charge is 0.497 e. The van der Waals surface area contributed by atoms with Crippen molar-refractivity contribution in [1.29, 1.82) is 0 Å². The SMILES string of the molecule is COc1ccc(CN2CC(C(=O)Cc3ccc(F)cc3F)=CN(c3c(F)cccc3F)C2=O)cc1. The molecule has 3 aromatic carbocycles. The second-order valence-corrected chi connectivity index (χ2v) is 7.92. The van der Waals surface area contributed by atoms with E-state index < -0.39 is 47.2 Å². The van der Waals surface area contributed by atoms with Crippen molar-refractivity contribution in [3.05, 3.63) is 107 Å². The fraction of sp³-hybridized carbons (Fsp3) is 0.154. The zero-order valence-corrected chi connectivity index (χ0v) is 18.6. The van der Waals surface area contributed by atoms with Crippen LogP contribution in [0.1, 0.15) is 11.1 Å². The summed E-state index contributed by atoms with van der Waals surface area (Å²) >= 11 is 0. The van der Waals surface area contributed by atoms with Gasteiger partial charge in [-0.25, -0.2) is 22.4 Å². The van der Waals surface area contributed by atoms with Crippen molar-refractivity contribution in [2.75, 3.05) is 18.6 Å². The lowest BCUT2D eigenvalue weighted by Gasteiger charge is -2.34. The summed E-state index contributed by atoms with van der Waals surface area (Å²) in [6.07, 6.45) is 0.647. The Balaban J connectivity index is 1.69. The van der Waals surface area contributed by atoms with Crippen LogP contribution in [0.5, 0.6) is 5.75 Å². The number of Topliss-reactive ketones (excluding diaryl/α,β-unsaturated/α-hetero) is 1. The summed E-state index contributed by atoms with van der Waals surface area (Å²) in [5.74, 6) is -3.63. The van der Waals surface area contributed by atoms with E-state index in [0.29, 0.717) is 17.4 Å². The van der Waals surface area contributed by atoms with Crippen LogP contribution < -0.4 is 9.64 Å². The summed E-state index contributed by atoms with van der Waals surface area (Å²) in [5.41, 5.74) is 0.0468. The maximum absolute atomic E-state index is 14.5. The minimum Gasteiger partial charge on any atom is -0.497 e. The van der Waals surface area contributed by atoms with Crippen LogP contribution in [-0.4, -0.2) is 30.4 Å². The van der Waals surface area contributed by atoms with Gasteiger partial charge in [-0.2, -0.15) is 0 Å². The van der Waals surface area contributed by atoms with Crippen LogP contribution in [0.15, 0.2) is 72.4 Å². The predicted molar refractivity (Wildman–Crippen MR) is 121 cm³/mol. The number of amides is 2. The lowest BCUT2D eigenvalue weighted by molar-refractivity contribution is -0.115. The number of halogens is 4. The zero-order chi connectivity index (χ0) is 25.1. The number of urea groups is 1. The number of nitrogens with zero attached hydrogens (tertiary/aromatic N) is 2. The molecule has 0 bridgehead atoms. The van der Waals surface area contributed by atoms with Gasteiger partial charge in [-0.15, -0.1) is 0 Å². The number of hydrogen-bond donors (Lipinski definition) is 0. The molecule has 0 fully saturated rings. The normalized spacial score (nSPS) is 13.6. The van der Waals surface area contributed by atoms with Gasteiger partial charge in [-0.05, 0) is 41.5 Å². The number of carbonyl (C=O) groups excluding carboxylic acids is 2. The third-order valence-corrected chi connectivity index (χ3v) is 5.56. The minimum absolute atomic E-state index is 0.0319. The van der Waals surface area contributed by atoms with Crippen molar-refractivity contribution < 1.29 is 31.9 Å². The Morgan fingerprint density at radius 1 is 0.943 bits per heavy atom. The van der Waals surface area contributed by atoms with Gasteiger partial charge < -0.3 is 9.64 Å². The first-order chi connectivity index (χ1) is 16.8. The van der Waals surface area contributed by atoms with Gasteiger partial charge in [0.1, 0.15) is 34.7 Å². The lowest BCUT2D eigenvalue weighted by atomic mass is 10.0. The lowest BCUT2D eigenvalue weighted by Crippen LogP contribution is -2.47. The van der Waals surface area contributed by atoms with Gasteiger partial charge in [0.15, 0.2) is 5.78 Å². The molecular weight excluding hydrogens is 464 g/mol. The van der Waals surface area contributed by atoms with Crippen LogP contribution in [0.25, 0.3) is 0 Å². The number of carbonyl (C=O) groups is 2. The van der Waals surface area contributed by atoms with E-state index in [1.54, 1.807) is 24.3 Å². The second kappa shape index (κ2) is 10.0. The average molecular weight is 484 g/mol. The van der Waals surface area contributed by atoms with Gasteiger partial charge in [0.05, 0.1) is 13.7 Å². The first-order valence-corrected chi connectivity index (χ1v) is 10.6. The number of hydrogen-bond acceptors (Lipinski definition) is 3. The Kier molecular flexibility index (Phi) is 6.86. The molecular formula is C26H20F4N2O3. The molecule has 9 heteroatoms. The molecule has 3 aromatic rings. The predicted octanol–water partition coefficient (Wildman–Crippen LogP) is 5.39. The Morgan fingerprint density at radius 3 is 2.26 bits per heavy atom. The van der Waals surface area contributed by atoms with Crippen LogP contribution in [0, 0.1) is 23.3 Å².